The first-order valence-electron chi connectivity index (χ1n) is 10.5. The molecule has 0 saturated carbocycles. The van der Waals surface area contributed by atoms with Gasteiger partial charge in [0.15, 0.2) is 15.8 Å². The maximum atomic E-state index is 13.0. The molecule has 180 valence electrons. The van der Waals surface area contributed by atoms with Crippen LogP contribution < -0.4 is 14.9 Å². The number of hydrogen-bond acceptors (Lipinski definition) is 7. The summed E-state index contributed by atoms with van der Waals surface area (Å²) in [4.78, 5) is 25.8. The number of nitrogens with one attached hydrogen (secondary N) is 1. The fraction of sp³-hybridized carbons (Fsp3) is 0.0769. The largest absolute Gasteiger partial charge is 0.493 e. The van der Waals surface area contributed by atoms with Crippen LogP contribution in [0, 0.1) is 14.9 Å². The van der Waals surface area contributed by atoms with Gasteiger partial charge in [-0.25, -0.2) is 0 Å². The molecule has 3 aromatic carbocycles. The van der Waals surface area contributed by atoms with Gasteiger partial charge in [0.2, 0.25) is 0 Å². The Labute approximate surface area is 231 Å². The lowest BCUT2D eigenvalue weighted by Gasteiger charge is -2.15. The standard InChI is InChI=1S/C26H18IN3O4S2/c1-33-21-12-16(11-20(27)23(21)34-15-19-10-6-5-9-18(19)14-28)13-22-25(32)30(26(35)36-22)29-24(31)17-7-3-2-4-8-17/h2-13H,15H2,1H3,(H,29,31)/b22-13+. The number of hydrazine groups is 1. The van der Waals surface area contributed by atoms with E-state index in [9.17, 15) is 14.9 Å². The molecule has 1 saturated heterocycles. The van der Waals surface area contributed by atoms with Crippen LogP contribution in [-0.4, -0.2) is 28.3 Å². The summed E-state index contributed by atoms with van der Waals surface area (Å²) in [6, 6.07) is 21.6. The molecular weight excluding hydrogens is 609 g/mol. The van der Waals surface area contributed by atoms with E-state index in [1.165, 1.54) is 7.11 Å². The van der Waals surface area contributed by atoms with Crippen molar-refractivity contribution in [1.29, 1.82) is 5.26 Å². The number of amides is 2. The van der Waals surface area contributed by atoms with Crippen molar-refractivity contribution in [3.05, 3.63) is 97.5 Å². The minimum Gasteiger partial charge on any atom is -0.493 e. The first kappa shape index (κ1) is 25.7. The lowest BCUT2D eigenvalue weighted by molar-refractivity contribution is -0.123. The number of carbonyl (C=O) groups excluding carboxylic acids is 2. The highest BCUT2D eigenvalue weighted by Gasteiger charge is 2.34. The van der Waals surface area contributed by atoms with E-state index in [4.69, 9.17) is 21.7 Å². The van der Waals surface area contributed by atoms with E-state index >= 15 is 0 Å². The van der Waals surface area contributed by atoms with Crippen molar-refractivity contribution in [3.8, 4) is 17.6 Å². The minimum absolute atomic E-state index is 0.204. The second-order valence-corrected chi connectivity index (χ2v) is 10.3. The Morgan fingerprint density at radius 2 is 1.92 bits per heavy atom. The molecule has 3 aromatic rings. The molecule has 1 aliphatic rings. The number of ether oxygens (including phenoxy) is 2. The summed E-state index contributed by atoms with van der Waals surface area (Å²) in [7, 11) is 1.53. The Morgan fingerprint density at radius 1 is 1.19 bits per heavy atom. The molecule has 1 N–H and O–H groups in total. The van der Waals surface area contributed by atoms with Crippen LogP contribution in [0.2, 0.25) is 0 Å². The van der Waals surface area contributed by atoms with Crippen molar-refractivity contribution < 1.29 is 19.1 Å². The van der Waals surface area contributed by atoms with E-state index < -0.39 is 11.8 Å². The number of thiocarbonyl (C=S) groups is 1. The highest BCUT2D eigenvalue weighted by molar-refractivity contribution is 14.1. The van der Waals surface area contributed by atoms with Gasteiger partial charge in [-0.05, 0) is 76.8 Å². The van der Waals surface area contributed by atoms with Gasteiger partial charge in [0.25, 0.3) is 11.8 Å². The third-order valence-corrected chi connectivity index (χ3v) is 7.21. The van der Waals surface area contributed by atoms with Crippen molar-refractivity contribution in [3.63, 3.8) is 0 Å². The van der Waals surface area contributed by atoms with Crippen LogP contribution in [0.3, 0.4) is 0 Å². The topological polar surface area (TPSA) is 91.7 Å². The first-order chi connectivity index (χ1) is 17.4. The fourth-order valence-electron chi connectivity index (χ4n) is 3.34. The molecule has 0 atom stereocenters. The molecule has 0 unspecified atom stereocenters. The van der Waals surface area contributed by atoms with Crippen molar-refractivity contribution in [2.45, 2.75) is 6.61 Å². The van der Waals surface area contributed by atoms with Crippen molar-refractivity contribution in [2.24, 2.45) is 0 Å². The molecule has 0 aliphatic carbocycles. The molecule has 10 heteroatoms. The van der Waals surface area contributed by atoms with Crippen LogP contribution in [-0.2, 0) is 11.4 Å². The lowest BCUT2D eigenvalue weighted by Crippen LogP contribution is -2.44. The zero-order valence-electron chi connectivity index (χ0n) is 18.9. The number of benzene rings is 3. The van der Waals surface area contributed by atoms with Gasteiger partial charge in [0, 0.05) is 11.1 Å². The molecule has 36 heavy (non-hydrogen) atoms. The van der Waals surface area contributed by atoms with E-state index in [2.05, 4.69) is 34.1 Å². The fourth-order valence-corrected chi connectivity index (χ4v) is 5.30. The summed E-state index contributed by atoms with van der Waals surface area (Å²) in [5.41, 5.74) is 5.00. The smallest absolute Gasteiger partial charge is 0.285 e. The van der Waals surface area contributed by atoms with E-state index in [0.717, 1.165) is 25.9 Å². The van der Waals surface area contributed by atoms with Crippen LogP contribution in [0.25, 0.3) is 6.08 Å². The second-order valence-electron chi connectivity index (χ2n) is 7.42. The first-order valence-corrected chi connectivity index (χ1v) is 12.8. The number of nitrogens with zero attached hydrogens (tertiary/aromatic N) is 2. The Kier molecular flexibility index (Phi) is 8.25. The Balaban J connectivity index is 1.53. The van der Waals surface area contributed by atoms with Gasteiger partial charge in [-0.15, -0.1) is 0 Å². The zero-order valence-corrected chi connectivity index (χ0v) is 22.6. The third-order valence-electron chi connectivity index (χ3n) is 5.10. The minimum atomic E-state index is -0.427. The van der Waals surface area contributed by atoms with Crippen LogP contribution in [0.15, 0.2) is 71.6 Å². The maximum Gasteiger partial charge on any atom is 0.285 e. The lowest BCUT2D eigenvalue weighted by atomic mass is 10.1. The van der Waals surface area contributed by atoms with Gasteiger partial charge >= 0.3 is 0 Å². The van der Waals surface area contributed by atoms with Gasteiger partial charge in [-0.1, -0.05) is 48.2 Å². The van der Waals surface area contributed by atoms with Crippen LogP contribution in [0.4, 0.5) is 0 Å². The number of halogens is 1. The predicted octanol–water partition coefficient (Wildman–Crippen LogP) is 5.30. The number of nitriles is 1. The molecule has 0 bridgehead atoms. The van der Waals surface area contributed by atoms with Gasteiger partial charge < -0.3 is 9.47 Å². The number of rotatable bonds is 7. The second kappa shape index (κ2) is 11.6. The van der Waals surface area contributed by atoms with Crippen LogP contribution in [0.5, 0.6) is 11.5 Å². The summed E-state index contributed by atoms with van der Waals surface area (Å²) < 4.78 is 12.5. The average molecular weight is 627 g/mol. The molecule has 2 amide bonds. The summed E-state index contributed by atoms with van der Waals surface area (Å²) >= 11 is 8.55. The van der Waals surface area contributed by atoms with Gasteiger partial charge in [-0.3, -0.25) is 15.0 Å². The van der Waals surface area contributed by atoms with Crippen LogP contribution in [0.1, 0.15) is 27.0 Å². The Hall–Kier alpha value is -3.40. The Morgan fingerprint density at radius 3 is 2.64 bits per heavy atom. The van der Waals surface area contributed by atoms with Crippen molar-refractivity contribution in [2.75, 3.05) is 7.11 Å². The average Bonchev–Trinajstić information content (AvgIpc) is 3.15. The van der Waals surface area contributed by atoms with E-state index in [1.807, 2.05) is 18.2 Å². The van der Waals surface area contributed by atoms with E-state index in [0.29, 0.717) is 33.1 Å². The molecule has 0 spiro atoms. The normalized spacial score (nSPS) is 14.0. The SMILES string of the molecule is COc1cc(/C=C2/SC(=S)N(NC(=O)c3ccccc3)C2=O)cc(I)c1OCc1ccccc1C#N. The summed E-state index contributed by atoms with van der Waals surface area (Å²) in [5, 5.41) is 10.4. The quantitative estimate of drug-likeness (QED) is 0.216. The highest BCUT2D eigenvalue weighted by Crippen LogP contribution is 2.37. The molecule has 1 heterocycles. The molecular formula is C26H18IN3O4S2. The summed E-state index contributed by atoms with van der Waals surface area (Å²) in [6.07, 6.45) is 1.69. The molecule has 7 nitrogen and oxygen atoms in total. The number of methoxy groups -OCH3 is 1. The van der Waals surface area contributed by atoms with Gasteiger partial charge in [0.05, 0.1) is 27.2 Å². The third kappa shape index (κ3) is 5.70. The molecule has 0 aromatic heterocycles. The van der Waals surface area contributed by atoms with E-state index in [1.54, 1.807) is 54.6 Å². The Bertz CT molecular complexity index is 1420. The van der Waals surface area contributed by atoms with Gasteiger partial charge in [0.1, 0.15) is 6.61 Å². The van der Waals surface area contributed by atoms with E-state index in [-0.39, 0.29) is 10.9 Å². The number of carbonyl (C=O) groups is 2. The molecule has 0 radical (unpaired) electrons. The van der Waals surface area contributed by atoms with Gasteiger partial charge in [-0.2, -0.15) is 10.3 Å². The predicted molar refractivity (Wildman–Crippen MR) is 150 cm³/mol. The van der Waals surface area contributed by atoms with Crippen molar-refractivity contribution in [1.82, 2.24) is 10.4 Å². The highest BCUT2D eigenvalue weighted by atomic mass is 127. The van der Waals surface area contributed by atoms with Crippen molar-refractivity contribution >= 4 is 68.8 Å². The molecule has 1 aliphatic heterocycles. The zero-order chi connectivity index (χ0) is 25.7. The molecule has 4 rings (SSSR count). The summed E-state index contributed by atoms with van der Waals surface area (Å²) in [5.74, 6) is 0.168. The molecule has 1 fully saturated rings. The number of hydrogen-bond donors (Lipinski definition) is 1. The summed E-state index contributed by atoms with van der Waals surface area (Å²) in [6.45, 7) is 0.204. The monoisotopic (exact) mass is 627 g/mol. The maximum absolute atomic E-state index is 13.0. The van der Waals surface area contributed by atoms with Crippen LogP contribution >= 0.6 is 46.6 Å². The number of thioether (sulfide) groups is 1.